The Morgan fingerprint density at radius 2 is 1.76 bits per heavy atom. The zero-order chi connectivity index (χ0) is 26.0. The molecule has 0 aliphatic carbocycles. The third-order valence-electron chi connectivity index (χ3n) is 7.03. The van der Waals surface area contributed by atoms with Gasteiger partial charge in [-0.05, 0) is 40.8 Å². The molecule has 1 fully saturated rings. The highest BCUT2D eigenvalue weighted by Crippen LogP contribution is 2.25. The van der Waals surface area contributed by atoms with Crippen LogP contribution in [0.4, 0.5) is 0 Å². The van der Waals surface area contributed by atoms with Gasteiger partial charge in [0, 0.05) is 71.5 Å². The Kier molecular flexibility index (Phi) is 10.4. The molecular formula is C30H43N3O4. The van der Waals surface area contributed by atoms with E-state index in [1.54, 1.807) is 7.11 Å². The molecule has 2 aliphatic rings. The van der Waals surface area contributed by atoms with Crippen molar-refractivity contribution in [3.63, 3.8) is 0 Å². The van der Waals surface area contributed by atoms with Gasteiger partial charge >= 0.3 is 0 Å². The second kappa shape index (κ2) is 13.9. The van der Waals surface area contributed by atoms with Gasteiger partial charge in [0.2, 0.25) is 0 Å². The van der Waals surface area contributed by atoms with Crippen LogP contribution >= 0.6 is 0 Å². The van der Waals surface area contributed by atoms with Gasteiger partial charge in [-0.25, -0.2) is 0 Å². The van der Waals surface area contributed by atoms with Crippen molar-refractivity contribution < 1.29 is 19.0 Å². The first-order chi connectivity index (χ1) is 18.0. The summed E-state index contributed by atoms with van der Waals surface area (Å²) in [6.45, 7) is 14.0. The van der Waals surface area contributed by atoms with Crippen molar-refractivity contribution >= 4 is 5.91 Å². The topological polar surface area (TPSA) is 54.5 Å². The van der Waals surface area contributed by atoms with Crippen LogP contribution in [0.2, 0.25) is 0 Å². The number of methoxy groups -OCH3 is 1. The molecule has 37 heavy (non-hydrogen) atoms. The first kappa shape index (κ1) is 27.6. The minimum absolute atomic E-state index is 0.0926. The van der Waals surface area contributed by atoms with Crippen molar-refractivity contribution in [2.24, 2.45) is 5.92 Å². The molecule has 0 saturated carbocycles. The van der Waals surface area contributed by atoms with Crippen molar-refractivity contribution in [1.82, 2.24) is 14.7 Å². The molecule has 0 spiro atoms. The number of fused-ring (bicyclic) bond motifs is 3. The lowest BCUT2D eigenvalue weighted by Crippen LogP contribution is -2.49. The molecule has 2 aliphatic heterocycles. The highest BCUT2D eigenvalue weighted by Gasteiger charge is 2.23. The predicted molar refractivity (Wildman–Crippen MR) is 146 cm³/mol. The van der Waals surface area contributed by atoms with E-state index in [4.69, 9.17) is 14.2 Å². The first-order valence-electron chi connectivity index (χ1n) is 13.7. The fourth-order valence-corrected chi connectivity index (χ4v) is 5.14. The molecule has 7 heteroatoms. The minimum atomic E-state index is 0.0926. The first-order valence-corrected chi connectivity index (χ1v) is 13.7. The molecule has 0 aromatic heterocycles. The van der Waals surface area contributed by atoms with Gasteiger partial charge in [0.15, 0.2) is 0 Å². The van der Waals surface area contributed by atoms with E-state index in [0.29, 0.717) is 25.7 Å². The Labute approximate surface area is 222 Å². The van der Waals surface area contributed by atoms with Gasteiger partial charge in [-0.3, -0.25) is 14.6 Å². The lowest BCUT2D eigenvalue weighted by Gasteiger charge is -2.34. The Morgan fingerprint density at radius 3 is 2.54 bits per heavy atom. The van der Waals surface area contributed by atoms with Crippen LogP contribution in [-0.4, -0.2) is 100.0 Å². The fraction of sp³-hybridized carbons (Fsp3) is 0.567. The molecule has 0 unspecified atom stereocenters. The molecule has 0 N–H and O–H groups in total. The highest BCUT2D eigenvalue weighted by molar-refractivity contribution is 5.94. The molecule has 0 radical (unpaired) electrons. The molecule has 2 aromatic carbocycles. The number of rotatable bonds is 6. The quantitative estimate of drug-likeness (QED) is 0.594. The van der Waals surface area contributed by atoms with Crippen LogP contribution in [0.3, 0.4) is 0 Å². The van der Waals surface area contributed by atoms with Crippen molar-refractivity contribution in [2.75, 3.05) is 79.4 Å². The van der Waals surface area contributed by atoms with E-state index in [-0.39, 0.29) is 5.91 Å². The molecule has 2 bridgehead atoms. The standard InChI is InChI=1S/C30H43N3O4/c1-24(2)22-32-14-16-36-17-18-37-29-8-7-27(21-28(29)20-25-5-4-6-26(19-25)23-32)30(34)33-11-9-31(10-12-33)13-15-35-3/h4-8,19,21,24H,9-18,20,22-23H2,1-3H3. The average Bonchev–Trinajstić information content (AvgIpc) is 2.89. The number of nitrogens with zero attached hydrogens (tertiary/aromatic N) is 3. The number of ether oxygens (including phenoxy) is 3. The highest BCUT2D eigenvalue weighted by atomic mass is 16.5. The monoisotopic (exact) mass is 509 g/mol. The van der Waals surface area contributed by atoms with Gasteiger partial charge in [0.1, 0.15) is 12.4 Å². The minimum Gasteiger partial charge on any atom is -0.491 e. The molecule has 1 saturated heterocycles. The second-order valence-corrected chi connectivity index (χ2v) is 10.5. The summed E-state index contributed by atoms with van der Waals surface area (Å²) >= 11 is 0. The zero-order valence-corrected chi connectivity index (χ0v) is 22.8. The fourth-order valence-electron chi connectivity index (χ4n) is 5.14. The smallest absolute Gasteiger partial charge is 0.253 e. The van der Waals surface area contributed by atoms with Gasteiger partial charge in [-0.2, -0.15) is 0 Å². The maximum Gasteiger partial charge on any atom is 0.253 e. The SMILES string of the molecule is COCCN1CCN(C(=O)c2ccc3c(c2)Cc2cccc(c2)CN(CC(C)C)CCOCCO3)CC1. The number of carbonyl (C=O) groups is 1. The Morgan fingerprint density at radius 1 is 0.946 bits per heavy atom. The average molecular weight is 510 g/mol. The number of piperazine rings is 1. The van der Waals surface area contributed by atoms with Gasteiger partial charge in [0.05, 0.1) is 19.8 Å². The van der Waals surface area contributed by atoms with Crippen molar-refractivity contribution in [3.8, 4) is 5.75 Å². The lowest BCUT2D eigenvalue weighted by molar-refractivity contribution is 0.0593. The molecule has 202 valence electrons. The van der Waals surface area contributed by atoms with Crippen LogP contribution in [0.5, 0.6) is 5.75 Å². The third kappa shape index (κ3) is 8.27. The summed E-state index contributed by atoms with van der Waals surface area (Å²) in [5.74, 6) is 1.52. The maximum atomic E-state index is 13.4. The largest absolute Gasteiger partial charge is 0.491 e. The van der Waals surface area contributed by atoms with Gasteiger partial charge in [-0.1, -0.05) is 38.1 Å². The predicted octanol–water partition coefficient (Wildman–Crippen LogP) is 3.55. The van der Waals surface area contributed by atoms with E-state index < -0.39 is 0 Å². The molecule has 2 heterocycles. The van der Waals surface area contributed by atoms with E-state index >= 15 is 0 Å². The number of carbonyl (C=O) groups excluding carboxylic acids is 1. The van der Waals surface area contributed by atoms with E-state index in [2.05, 4.69) is 47.9 Å². The Hall–Kier alpha value is -2.45. The zero-order valence-electron chi connectivity index (χ0n) is 22.8. The Balaban J connectivity index is 1.51. The van der Waals surface area contributed by atoms with Crippen LogP contribution in [0.1, 0.15) is 40.9 Å². The molecule has 1 amide bonds. The third-order valence-corrected chi connectivity index (χ3v) is 7.03. The number of amides is 1. The molecule has 4 rings (SSSR count). The van der Waals surface area contributed by atoms with Gasteiger partial charge in [-0.15, -0.1) is 0 Å². The lowest BCUT2D eigenvalue weighted by atomic mass is 9.99. The van der Waals surface area contributed by atoms with E-state index in [9.17, 15) is 4.79 Å². The second-order valence-electron chi connectivity index (χ2n) is 10.5. The number of hydrogen-bond acceptors (Lipinski definition) is 6. The van der Waals surface area contributed by atoms with E-state index in [1.807, 2.05) is 23.1 Å². The Bertz CT molecular complexity index is 1000. The summed E-state index contributed by atoms with van der Waals surface area (Å²) in [6.07, 6.45) is 0.722. The molecule has 7 nitrogen and oxygen atoms in total. The van der Waals surface area contributed by atoms with Crippen molar-refractivity contribution in [3.05, 3.63) is 64.7 Å². The summed E-state index contributed by atoms with van der Waals surface area (Å²) in [5.41, 5.74) is 4.30. The summed E-state index contributed by atoms with van der Waals surface area (Å²) in [7, 11) is 1.73. The van der Waals surface area contributed by atoms with Gasteiger partial charge in [0.25, 0.3) is 5.91 Å². The van der Waals surface area contributed by atoms with Crippen LogP contribution < -0.4 is 4.74 Å². The summed E-state index contributed by atoms with van der Waals surface area (Å²) in [6, 6.07) is 14.7. The van der Waals surface area contributed by atoms with Crippen molar-refractivity contribution in [2.45, 2.75) is 26.8 Å². The summed E-state index contributed by atoms with van der Waals surface area (Å²) < 4.78 is 17.2. The van der Waals surface area contributed by atoms with E-state index in [1.165, 1.54) is 11.1 Å². The van der Waals surface area contributed by atoms with Crippen LogP contribution in [0, 0.1) is 5.92 Å². The molecule has 0 atom stereocenters. The molecular weight excluding hydrogens is 466 g/mol. The van der Waals surface area contributed by atoms with E-state index in [0.717, 1.165) is 82.3 Å². The maximum absolute atomic E-state index is 13.4. The number of hydrogen-bond donors (Lipinski definition) is 0. The van der Waals surface area contributed by atoms with Crippen LogP contribution in [0.25, 0.3) is 0 Å². The van der Waals surface area contributed by atoms with Crippen LogP contribution in [0.15, 0.2) is 42.5 Å². The summed E-state index contributed by atoms with van der Waals surface area (Å²) in [5, 5.41) is 0. The van der Waals surface area contributed by atoms with Gasteiger partial charge < -0.3 is 19.1 Å². The van der Waals surface area contributed by atoms with Crippen molar-refractivity contribution in [1.29, 1.82) is 0 Å². The molecule has 2 aromatic rings. The number of benzene rings is 2. The normalized spacial score (nSPS) is 18.2. The summed E-state index contributed by atoms with van der Waals surface area (Å²) in [4.78, 5) is 20.2. The van der Waals surface area contributed by atoms with Crippen LogP contribution in [-0.2, 0) is 22.4 Å².